The number of carbonyl (C=O) groups is 1. The Kier molecular flexibility index (Phi) is 5.30. The summed E-state index contributed by atoms with van der Waals surface area (Å²) in [6.07, 6.45) is 2.39. The Balaban J connectivity index is 2.88. The second-order valence-corrected chi connectivity index (χ2v) is 6.76. The van der Waals surface area contributed by atoms with E-state index in [0.717, 1.165) is 0 Å². The number of amides is 1. The van der Waals surface area contributed by atoms with Crippen molar-refractivity contribution < 1.29 is 13.7 Å². The molecule has 0 saturated heterocycles. The summed E-state index contributed by atoms with van der Waals surface area (Å²) in [4.78, 5) is 15.7. The van der Waals surface area contributed by atoms with Gasteiger partial charge in [0.25, 0.3) is 0 Å². The molecule has 0 aliphatic carbocycles. The van der Waals surface area contributed by atoms with Crippen LogP contribution in [0.25, 0.3) is 0 Å². The minimum absolute atomic E-state index is 0.257. The van der Waals surface area contributed by atoms with Crippen LogP contribution >= 0.6 is 15.9 Å². The summed E-state index contributed by atoms with van der Waals surface area (Å²) < 4.78 is 19.7. The lowest BCUT2D eigenvalue weighted by Gasteiger charge is -2.20. The molecule has 0 aromatic carbocycles. The molecule has 6 nitrogen and oxygen atoms in total. The standard InChI is InChI=1S/C11H16BrN3O3S/c1-11(2,3)18-10(16)14-9-8(15-19(4)17)5-7(12)6-13-9/h5-6,15H,1-4H3,(H,13,14,16). The van der Waals surface area contributed by atoms with E-state index in [4.69, 9.17) is 4.74 Å². The predicted octanol–water partition coefficient (Wildman–Crippen LogP) is 2.90. The molecule has 0 fully saturated rings. The van der Waals surface area contributed by atoms with Crippen molar-refractivity contribution in [3.63, 3.8) is 0 Å². The van der Waals surface area contributed by atoms with Crippen LogP contribution in [-0.2, 0) is 15.7 Å². The quantitative estimate of drug-likeness (QED) is 0.878. The number of nitrogens with zero attached hydrogens (tertiary/aromatic N) is 1. The minimum Gasteiger partial charge on any atom is -0.444 e. The average molecular weight is 350 g/mol. The third-order valence-electron chi connectivity index (χ3n) is 1.73. The first-order chi connectivity index (χ1) is 8.67. The number of pyridine rings is 1. The maximum Gasteiger partial charge on any atom is 0.413 e. The molecule has 0 aliphatic rings. The Bertz CT molecular complexity index is 502. The van der Waals surface area contributed by atoms with Crippen LogP contribution in [0, 0.1) is 0 Å². The lowest BCUT2D eigenvalue weighted by Crippen LogP contribution is -2.27. The van der Waals surface area contributed by atoms with Crippen molar-refractivity contribution in [3.8, 4) is 0 Å². The van der Waals surface area contributed by atoms with Gasteiger partial charge in [-0.1, -0.05) is 0 Å². The second-order valence-electron chi connectivity index (χ2n) is 4.73. The van der Waals surface area contributed by atoms with Crippen molar-refractivity contribution in [3.05, 3.63) is 16.7 Å². The van der Waals surface area contributed by atoms with E-state index in [1.54, 1.807) is 26.8 Å². The van der Waals surface area contributed by atoms with Gasteiger partial charge in [-0.25, -0.2) is 14.0 Å². The summed E-state index contributed by atoms with van der Waals surface area (Å²) in [6.45, 7) is 5.30. The SMILES string of the molecule is CS(=O)Nc1cc(Br)cnc1NC(=O)OC(C)(C)C. The van der Waals surface area contributed by atoms with Crippen molar-refractivity contribution in [2.45, 2.75) is 26.4 Å². The Morgan fingerprint density at radius 1 is 1.47 bits per heavy atom. The highest BCUT2D eigenvalue weighted by atomic mass is 79.9. The van der Waals surface area contributed by atoms with Crippen molar-refractivity contribution in [1.82, 2.24) is 4.98 Å². The third-order valence-corrected chi connectivity index (χ3v) is 2.67. The maximum atomic E-state index is 11.7. The van der Waals surface area contributed by atoms with Crippen molar-refractivity contribution in [2.24, 2.45) is 0 Å². The maximum absolute atomic E-state index is 11.7. The molecule has 0 aliphatic heterocycles. The molecule has 8 heteroatoms. The van der Waals surface area contributed by atoms with Crippen LogP contribution in [0.2, 0.25) is 0 Å². The van der Waals surface area contributed by atoms with Gasteiger partial charge >= 0.3 is 6.09 Å². The fourth-order valence-corrected chi connectivity index (χ4v) is 1.97. The smallest absolute Gasteiger partial charge is 0.413 e. The number of aromatic nitrogens is 1. The molecule has 0 bridgehead atoms. The fraction of sp³-hybridized carbons (Fsp3) is 0.455. The van der Waals surface area contributed by atoms with Gasteiger partial charge in [-0.05, 0) is 42.8 Å². The first kappa shape index (κ1) is 15.9. The van der Waals surface area contributed by atoms with E-state index >= 15 is 0 Å². The summed E-state index contributed by atoms with van der Waals surface area (Å²) >= 11 is 3.26. The molecule has 1 amide bonds. The highest BCUT2D eigenvalue weighted by molar-refractivity contribution is 9.10. The van der Waals surface area contributed by atoms with E-state index in [0.29, 0.717) is 10.2 Å². The van der Waals surface area contributed by atoms with Gasteiger partial charge in [0.1, 0.15) is 16.6 Å². The highest BCUT2D eigenvalue weighted by Crippen LogP contribution is 2.24. The zero-order chi connectivity index (χ0) is 14.6. The molecule has 0 saturated carbocycles. The monoisotopic (exact) mass is 349 g/mol. The normalized spacial score (nSPS) is 12.7. The molecule has 1 aromatic rings. The Morgan fingerprint density at radius 2 is 2.11 bits per heavy atom. The van der Waals surface area contributed by atoms with Crippen LogP contribution in [0.3, 0.4) is 0 Å². The van der Waals surface area contributed by atoms with E-state index in [1.165, 1.54) is 12.5 Å². The first-order valence-corrected chi connectivity index (χ1v) is 7.78. The molecular weight excluding hydrogens is 334 g/mol. The number of halogens is 1. The van der Waals surface area contributed by atoms with Crippen LogP contribution in [0.1, 0.15) is 20.8 Å². The van der Waals surface area contributed by atoms with Crippen molar-refractivity contribution in [2.75, 3.05) is 16.3 Å². The largest absolute Gasteiger partial charge is 0.444 e. The number of rotatable bonds is 3. The Labute approximate surface area is 123 Å². The highest BCUT2D eigenvalue weighted by Gasteiger charge is 2.18. The van der Waals surface area contributed by atoms with Gasteiger partial charge in [0.2, 0.25) is 0 Å². The molecule has 1 aromatic heterocycles. The molecule has 1 unspecified atom stereocenters. The molecule has 0 spiro atoms. The molecule has 19 heavy (non-hydrogen) atoms. The van der Waals surface area contributed by atoms with E-state index in [9.17, 15) is 9.00 Å². The van der Waals surface area contributed by atoms with Crippen LogP contribution < -0.4 is 10.0 Å². The molecule has 1 rings (SSSR count). The molecule has 106 valence electrons. The van der Waals surface area contributed by atoms with Crippen LogP contribution in [0.5, 0.6) is 0 Å². The number of hydrogen-bond donors (Lipinski definition) is 2. The summed E-state index contributed by atoms with van der Waals surface area (Å²) in [5, 5.41) is 2.51. The van der Waals surface area contributed by atoms with Crippen LogP contribution in [0.4, 0.5) is 16.3 Å². The predicted molar refractivity (Wildman–Crippen MR) is 79.5 cm³/mol. The Morgan fingerprint density at radius 3 is 2.63 bits per heavy atom. The van der Waals surface area contributed by atoms with E-state index in [-0.39, 0.29) is 5.82 Å². The number of nitrogens with one attached hydrogen (secondary N) is 2. The first-order valence-electron chi connectivity index (χ1n) is 5.43. The molecule has 2 N–H and O–H groups in total. The Hall–Kier alpha value is -1.15. The van der Waals surface area contributed by atoms with Crippen molar-refractivity contribution >= 4 is 44.5 Å². The molecule has 1 heterocycles. The van der Waals surface area contributed by atoms with Gasteiger partial charge in [0.15, 0.2) is 5.82 Å². The van der Waals surface area contributed by atoms with Gasteiger partial charge in [-0.2, -0.15) is 0 Å². The topological polar surface area (TPSA) is 80.3 Å². The van der Waals surface area contributed by atoms with Gasteiger partial charge in [0.05, 0.1) is 5.69 Å². The minimum atomic E-state index is -1.27. The second kappa shape index (κ2) is 6.33. The molecular formula is C11H16BrN3O3S. The molecule has 0 radical (unpaired) electrons. The number of ether oxygens (including phenoxy) is 1. The van der Waals surface area contributed by atoms with Crippen LogP contribution in [0.15, 0.2) is 16.7 Å². The lowest BCUT2D eigenvalue weighted by molar-refractivity contribution is 0.0635. The number of carbonyl (C=O) groups excluding carboxylic acids is 1. The zero-order valence-electron chi connectivity index (χ0n) is 11.1. The lowest BCUT2D eigenvalue weighted by atomic mass is 10.2. The zero-order valence-corrected chi connectivity index (χ0v) is 13.5. The van der Waals surface area contributed by atoms with Gasteiger partial charge in [-0.3, -0.25) is 5.32 Å². The van der Waals surface area contributed by atoms with Gasteiger partial charge in [-0.15, -0.1) is 0 Å². The van der Waals surface area contributed by atoms with E-state index in [1.807, 2.05) is 0 Å². The third kappa shape index (κ3) is 6.02. The van der Waals surface area contributed by atoms with Gasteiger partial charge < -0.3 is 9.46 Å². The van der Waals surface area contributed by atoms with Crippen molar-refractivity contribution in [1.29, 1.82) is 0 Å². The number of hydrogen-bond acceptors (Lipinski definition) is 4. The summed E-state index contributed by atoms with van der Waals surface area (Å²) in [5.41, 5.74) is -0.151. The van der Waals surface area contributed by atoms with Crippen LogP contribution in [-0.4, -0.2) is 27.1 Å². The summed E-state index contributed by atoms with van der Waals surface area (Å²) in [5.74, 6) is 0.257. The van der Waals surface area contributed by atoms with E-state index < -0.39 is 22.7 Å². The molecule has 1 atom stereocenters. The van der Waals surface area contributed by atoms with Gasteiger partial charge in [0, 0.05) is 16.9 Å². The summed E-state index contributed by atoms with van der Waals surface area (Å²) in [6, 6.07) is 1.67. The fourth-order valence-electron chi connectivity index (χ4n) is 1.17. The summed E-state index contributed by atoms with van der Waals surface area (Å²) in [7, 11) is -1.27. The van der Waals surface area contributed by atoms with E-state index in [2.05, 4.69) is 31.0 Å². The average Bonchev–Trinajstić information content (AvgIpc) is 2.18. The number of anilines is 2.